The largest absolute Gasteiger partial charge is 0.480 e. The molecule has 0 fully saturated rings. The van der Waals surface area contributed by atoms with Crippen LogP contribution in [-0.2, 0) is 4.79 Å². The first-order chi connectivity index (χ1) is 3.63. The maximum atomic E-state index is 9.62. The quantitative estimate of drug-likeness (QED) is 0.369. The van der Waals surface area contributed by atoms with E-state index in [1.165, 1.54) is 0 Å². The molecule has 0 radical (unpaired) electrons. The molecule has 0 amide bonds. The summed E-state index contributed by atoms with van der Waals surface area (Å²) in [4.78, 5) is 9.62. The van der Waals surface area contributed by atoms with Crippen LogP contribution in [0.5, 0.6) is 0 Å². The molecule has 0 bridgehead atoms. The van der Waals surface area contributed by atoms with Crippen molar-refractivity contribution < 1.29 is 20.1 Å². The van der Waals surface area contributed by atoms with Gasteiger partial charge in [0.2, 0.25) is 6.41 Å². The van der Waals surface area contributed by atoms with E-state index in [0.29, 0.717) is 0 Å². The zero-order chi connectivity index (χ0) is 6.57. The van der Waals surface area contributed by atoms with E-state index in [4.69, 9.17) is 15.3 Å². The molecule has 0 rings (SSSR count). The number of aliphatic carboxylic acids is 1. The van der Waals surface area contributed by atoms with E-state index < -0.39 is 18.9 Å². The smallest absolute Gasteiger partial charge is 0.317 e. The van der Waals surface area contributed by atoms with Gasteiger partial charge in [-0.1, -0.05) is 0 Å². The van der Waals surface area contributed by atoms with Gasteiger partial charge in [-0.15, -0.1) is 12.4 Å². The molecule has 0 aliphatic rings. The molecule has 0 aliphatic carbocycles. The van der Waals surface area contributed by atoms with E-state index in [-0.39, 0.29) is 12.4 Å². The average molecular weight is 158 g/mol. The van der Waals surface area contributed by atoms with Crippen molar-refractivity contribution in [2.45, 2.75) is 6.41 Å². The highest BCUT2D eigenvalue weighted by molar-refractivity contribution is 5.85. The van der Waals surface area contributed by atoms with Gasteiger partial charge in [0.25, 0.3) is 0 Å². The van der Waals surface area contributed by atoms with Crippen LogP contribution in [0.4, 0.5) is 0 Å². The van der Waals surface area contributed by atoms with Gasteiger partial charge in [-0.05, 0) is 0 Å². The topological polar surface area (TPSA) is 89.8 Å². The SMILES string of the molecule is Cl.O=C(O)CNC(O)O. The van der Waals surface area contributed by atoms with Gasteiger partial charge in [0.05, 0.1) is 6.54 Å². The van der Waals surface area contributed by atoms with Crippen molar-refractivity contribution in [3.8, 4) is 0 Å². The Kier molecular flexibility index (Phi) is 7.33. The first-order valence-electron chi connectivity index (χ1n) is 1.94. The van der Waals surface area contributed by atoms with E-state index >= 15 is 0 Å². The summed E-state index contributed by atoms with van der Waals surface area (Å²) in [5.41, 5.74) is 0. The van der Waals surface area contributed by atoms with Gasteiger partial charge in [-0.2, -0.15) is 0 Å². The minimum atomic E-state index is -1.74. The summed E-state index contributed by atoms with van der Waals surface area (Å²) in [6.07, 6.45) is -1.74. The van der Waals surface area contributed by atoms with E-state index in [2.05, 4.69) is 0 Å². The molecule has 5 nitrogen and oxygen atoms in total. The first-order valence-corrected chi connectivity index (χ1v) is 1.94. The molecule has 0 aliphatic heterocycles. The monoisotopic (exact) mass is 157 g/mol. The Hall–Kier alpha value is -0.360. The molecular formula is C3H8ClNO4. The summed E-state index contributed by atoms with van der Waals surface area (Å²) >= 11 is 0. The Morgan fingerprint density at radius 3 is 2.11 bits per heavy atom. The molecule has 6 heteroatoms. The van der Waals surface area contributed by atoms with Crippen molar-refractivity contribution in [2.24, 2.45) is 0 Å². The maximum absolute atomic E-state index is 9.62. The predicted octanol–water partition coefficient (Wildman–Crippen LogP) is -1.65. The molecule has 4 N–H and O–H groups in total. The normalized spacial score (nSPS) is 8.78. The number of carbonyl (C=O) groups is 1. The molecule has 0 heterocycles. The minimum Gasteiger partial charge on any atom is -0.480 e. The number of carboxylic acids is 1. The first kappa shape index (κ1) is 11.4. The molecule has 9 heavy (non-hydrogen) atoms. The fourth-order valence-corrected chi connectivity index (χ4v) is 0.179. The van der Waals surface area contributed by atoms with Crippen molar-refractivity contribution in [3.63, 3.8) is 0 Å². The third kappa shape index (κ3) is 11.3. The second kappa shape index (κ2) is 5.77. The lowest BCUT2D eigenvalue weighted by Crippen LogP contribution is -2.32. The second-order valence-electron chi connectivity index (χ2n) is 1.15. The molecule has 0 saturated heterocycles. The van der Waals surface area contributed by atoms with Crippen LogP contribution >= 0.6 is 12.4 Å². The average Bonchev–Trinajstić information content (AvgIpc) is 1.61. The molecule has 0 aromatic heterocycles. The molecule has 0 saturated carbocycles. The third-order valence-electron chi connectivity index (χ3n) is 0.436. The molecule has 0 unspecified atom stereocenters. The zero-order valence-corrected chi connectivity index (χ0v) is 5.26. The summed E-state index contributed by atoms with van der Waals surface area (Å²) < 4.78 is 0. The van der Waals surface area contributed by atoms with E-state index in [1.54, 1.807) is 0 Å². The van der Waals surface area contributed by atoms with Crippen molar-refractivity contribution >= 4 is 18.4 Å². The minimum absolute atomic E-state index is 0. The van der Waals surface area contributed by atoms with E-state index in [0.717, 1.165) is 0 Å². The number of aliphatic hydroxyl groups excluding tert-OH is 1. The predicted molar refractivity (Wildman–Crippen MR) is 31.1 cm³/mol. The third-order valence-corrected chi connectivity index (χ3v) is 0.436. The summed E-state index contributed by atoms with van der Waals surface area (Å²) in [6.45, 7) is -0.447. The lowest BCUT2D eigenvalue weighted by Gasteiger charge is -2.00. The lowest BCUT2D eigenvalue weighted by atomic mass is 10.7. The van der Waals surface area contributed by atoms with Crippen LogP contribution in [-0.4, -0.2) is 34.2 Å². The van der Waals surface area contributed by atoms with Gasteiger partial charge >= 0.3 is 5.97 Å². The fourth-order valence-electron chi connectivity index (χ4n) is 0.179. The van der Waals surface area contributed by atoms with Crippen molar-refractivity contribution in [3.05, 3.63) is 0 Å². The second-order valence-corrected chi connectivity index (χ2v) is 1.15. The summed E-state index contributed by atoms with van der Waals surface area (Å²) in [7, 11) is 0. The Morgan fingerprint density at radius 2 is 2.00 bits per heavy atom. The Balaban J connectivity index is 0. The number of aliphatic hydroxyl groups is 2. The Labute approximate surface area is 57.7 Å². The van der Waals surface area contributed by atoms with E-state index in [9.17, 15) is 4.79 Å². The fraction of sp³-hybridized carbons (Fsp3) is 0.667. The van der Waals surface area contributed by atoms with Gasteiger partial charge < -0.3 is 15.3 Å². The zero-order valence-electron chi connectivity index (χ0n) is 4.44. The molecule has 0 aromatic carbocycles. The van der Waals surface area contributed by atoms with Gasteiger partial charge in [-0.3, -0.25) is 10.1 Å². The van der Waals surface area contributed by atoms with Gasteiger partial charge in [0.15, 0.2) is 0 Å². The Bertz CT molecular complexity index is 85.9. The van der Waals surface area contributed by atoms with Gasteiger partial charge in [0, 0.05) is 0 Å². The highest BCUT2D eigenvalue weighted by Crippen LogP contribution is 1.63. The van der Waals surface area contributed by atoms with Crippen LogP contribution in [0.2, 0.25) is 0 Å². The molecule has 0 spiro atoms. The molecule has 0 aromatic rings. The number of rotatable bonds is 3. The highest BCUT2D eigenvalue weighted by atomic mass is 35.5. The summed E-state index contributed by atoms with van der Waals surface area (Å²) in [5, 5.41) is 25.7. The van der Waals surface area contributed by atoms with Crippen LogP contribution in [0.15, 0.2) is 0 Å². The number of hydrogen-bond acceptors (Lipinski definition) is 4. The van der Waals surface area contributed by atoms with E-state index in [1.807, 2.05) is 5.32 Å². The van der Waals surface area contributed by atoms with Crippen LogP contribution < -0.4 is 5.32 Å². The lowest BCUT2D eigenvalue weighted by molar-refractivity contribution is -0.139. The van der Waals surface area contributed by atoms with Crippen molar-refractivity contribution in [2.75, 3.05) is 6.54 Å². The molecule has 0 atom stereocenters. The molecular weight excluding hydrogens is 149 g/mol. The van der Waals surface area contributed by atoms with Crippen LogP contribution in [0.3, 0.4) is 0 Å². The van der Waals surface area contributed by atoms with Crippen molar-refractivity contribution in [1.82, 2.24) is 5.32 Å². The van der Waals surface area contributed by atoms with Crippen LogP contribution in [0.1, 0.15) is 0 Å². The summed E-state index contributed by atoms with van der Waals surface area (Å²) in [5.74, 6) is -1.13. The number of nitrogens with one attached hydrogen (secondary N) is 1. The van der Waals surface area contributed by atoms with Crippen LogP contribution in [0, 0.1) is 0 Å². The Morgan fingerprint density at radius 1 is 1.56 bits per heavy atom. The van der Waals surface area contributed by atoms with Crippen molar-refractivity contribution in [1.29, 1.82) is 0 Å². The van der Waals surface area contributed by atoms with Crippen LogP contribution in [0.25, 0.3) is 0 Å². The standard InChI is InChI=1S/C3H7NO4.ClH/c5-2(6)1-4-3(7)8;/h3-4,7-8H,1H2,(H,5,6);1H. The molecule has 56 valence electrons. The highest BCUT2D eigenvalue weighted by Gasteiger charge is 1.97. The number of hydrogen-bond donors (Lipinski definition) is 4. The maximum Gasteiger partial charge on any atom is 0.317 e. The van der Waals surface area contributed by atoms with Gasteiger partial charge in [0.1, 0.15) is 0 Å². The van der Waals surface area contributed by atoms with Gasteiger partial charge in [-0.25, -0.2) is 0 Å². The number of carboxylic acid groups (broad SMARTS) is 1. The number of halogens is 1. The summed E-state index contributed by atoms with van der Waals surface area (Å²) in [6, 6.07) is 0.